The molecule has 3 rings (SSSR count). The fourth-order valence-corrected chi connectivity index (χ4v) is 5.24. The van der Waals surface area contributed by atoms with Crippen molar-refractivity contribution in [2.45, 2.75) is 25.7 Å². The molecule has 0 spiro atoms. The van der Waals surface area contributed by atoms with Crippen molar-refractivity contribution in [3.8, 4) is 0 Å². The molecule has 0 aliphatic carbocycles. The quantitative estimate of drug-likeness (QED) is 0.451. The van der Waals surface area contributed by atoms with Gasteiger partial charge in [0.15, 0.2) is 0 Å². The molecular formula is C23H23IN2O3S. The topological polar surface area (TPSA) is 66.5 Å². The Morgan fingerprint density at radius 1 is 0.933 bits per heavy atom. The van der Waals surface area contributed by atoms with Crippen molar-refractivity contribution in [2.75, 3.05) is 16.2 Å². The van der Waals surface area contributed by atoms with Crippen molar-refractivity contribution in [3.05, 3.63) is 87.0 Å². The predicted molar refractivity (Wildman–Crippen MR) is 129 cm³/mol. The maximum Gasteiger partial charge on any atom is 0.264 e. The summed E-state index contributed by atoms with van der Waals surface area (Å²) in [5, 5.41) is 2.85. The van der Waals surface area contributed by atoms with Crippen molar-refractivity contribution in [3.63, 3.8) is 0 Å². The molecule has 0 fully saturated rings. The fraction of sp³-hybridized carbons (Fsp3) is 0.174. The Balaban J connectivity index is 1.99. The first-order valence-electron chi connectivity index (χ1n) is 9.39. The minimum absolute atomic E-state index is 0.143. The Bertz CT molecular complexity index is 1180. The number of hydrogen-bond donors (Lipinski definition) is 1. The van der Waals surface area contributed by atoms with Gasteiger partial charge in [0.2, 0.25) is 5.91 Å². The molecule has 0 atom stereocenters. The molecule has 5 nitrogen and oxygen atoms in total. The largest absolute Gasteiger partial charge is 0.324 e. The van der Waals surface area contributed by atoms with Crippen molar-refractivity contribution in [2.24, 2.45) is 0 Å². The van der Waals surface area contributed by atoms with Gasteiger partial charge in [0.25, 0.3) is 10.0 Å². The number of anilines is 2. The second-order valence-corrected chi connectivity index (χ2v) is 10.2. The number of amides is 1. The molecule has 30 heavy (non-hydrogen) atoms. The van der Waals surface area contributed by atoms with Crippen LogP contribution in [-0.2, 0) is 14.8 Å². The molecule has 0 radical (unpaired) electrons. The van der Waals surface area contributed by atoms with Gasteiger partial charge in [-0.15, -0.1) is 0 Å². The Morgan fingerprint density at radius 2 is 1.63 bits per heavy atom. The van der Waals surface area contributed by atoms with E-state index in [1.165, 1.54) is 16.4 Å². The third kappa shape index (κ3) is 5.02. The number of rotatable bonds is 6. The summed E-state index contributed by atoms with van der Waals surface area (Å²) >= 11 is 2.21. The predicted octanol–water partition coefficient (Wildman–Crippen LogP) is 5.05. The maximum atomic E-state index is 13.4. The third-order valence-corrected chi connectivity index (χ3v) is 7.16. The minimum atomic E-state index is -3.93. The lowest BCUT2D eigenvalue weighted by atomic mass is 10.1. The second kappa shape index (κ2) is 9.18. The Labute approximate surface area is 191 Å². The summed E-state index contributed by atoms with van der Waals surface area (Å²) in [6.07, 6.45) is 0. The number of nitrogens with zero attached hydrogens (tertiary/aromatic N) is 1. The smallest absolute Gasteiger partial charge is 0.264 e. The summed E-state index contributed by atoms with van der Waals surface area (Å²) in [5.74, 6) is -0.403. The van der Waals surface area contributed by atoms with Crippen LogP contribution in [0.15, 0.2) is 71.6 Å². The van der Waals surface area contributed by atoms with Crippen LogP contribution in [-0.4, -0.2) is 20.9 Å². The van der Waals surface area contributed by atoms with Crippen molar-refractivity contribution in [1.29, 1.82) is 0 Å². The van der Waals surface area contributed by atoms with Crippen LogP contribution in [0.1, 0.15) is 16.7 Å². The van der Waals surface area contributed by atoms with Gasteiger partial charge in [-0.05, 0) is 96.5 Å². The summed E-state index contributed by atoms with van der Waals surface area (Å²) in [6.45, 7) is 5.31. The number of carbonyl (C=O) groups excluding carboxylic acids is 1. The number of halogens is 1. The van der Waals surface area contributed by atoms with Crippen LogP contribution in [0.5, 0.6) is 0 Å². The zero-order valence-corrected chi connectivity index (χ0v) is 20.0. The average molecular weight is 534 g/mol. The van der Waals surface area contributed by atoms with Crippen LogP contribution in [0.2, 0.25) is 0 Å². The first kappa shape index (κ1) is 22.3. The number of sulfonamides is 1. The van der Waals surface area contributed by atoms with Crippen molar-refractivity contribution in [1.82, 2.24) is 0 Å². The number of carbonyl (C=O) groups is 1. The molecule has 7 heteroatoms. The van der Waals surface area contributed by atoms with Gasteiger partial charge in [0.1, 0.15) is 6.54 Å². The van der Waals surface area contributed by atoms with Crippen LogP contribution in [0.3, 0.4) is 0 Å². The van der Waals surface area contributed by atoms with Gasteiger partial charge in [-0.2, -0.15) is 0 Å². The third-order valence-electron chi connectivity index (χ3n) is 4.71. The van der Waals surface area contributed by atoms with E-state index in [4.69, 9.17) is 0 Å². The molecule has 0 aliphatic heterocycles. The lowest BCUT2D eigenvalue weighted by Crippen LogP contribution is -2.38. The van der Waals surface area contributed by atoms with E-state index in [9.17, 15) is 13.2 Å². The van der Waals surface area contributed by atoms with Crippen LogP contribution in [0, 0.1) is 24.3 Å². The van der Waals surface area contributed by atoms with E-state index in [0.717, 1.165) is 20.3 Å². The molecule has 1 amide bonds. The highest BCUT2D eigenvalue weighted by atomic mass is 127. The summed E-state index contributed by atoms with van der Waals surface area (Å²) in [6, 6.07) is 19.4. The number of benzene rings is 3. The van der Waals surface area contributed by atoms with Gasteiger partial charge < -0.3 is 5.32 Å². The van der Waals surface area contributed by atoms with E-state index in [1.807, 2.05) is 51.1 Å². The summed E-state index contributed by atoms with van der Waals surface area (Å²) < 4.78 is 29.1. The molecule has 0 heterocycles. The maximum absolute atomic E-state index is 13.4. The van der Waals surface area contributed by atoms with Gasteiger partial charge in [-0.1, -0.05) is 30.3 Å². The molecule has 0 saturated heterocycles. The zero-order valence-electron chi connectivity index (χ0n) is 17.0. The highest BCUT2D eigenvalue weighted by Gasteiger charge is 2.28. The van der Waals surface area contributed by atoms with Gasteiger partial charge >= 0.3 is 0 Å². The number of aryl methyl sites for hydroxylation is 3. The normalized spacial score (nSPS) is 11.2. The Morgan fingerprint density at radius 3 is 2.30 bits per heavy atom. The molecule has 1 N–H and O–H groups in total. The lowest BCUT2D eigenvalue weighted by molar-refractivity contribution is -0.114. The lowest BCUT2D eigenvalue weighted by Gasteiger charge is -2.26. The van der Waals surface area contributed by atoms with Crippen molar-refractivity contribution < 1.29 is 13.2 Å². The van der Waals surface area contributed by atoms with Gasteiger partial charge in [-0.25, -0.2) is 8.42 Å². The molecule has 156 valence electrons. The van der Waals surface area contributed by atoms with E-state index in [1.54, 1.807) is 24.3 Å². The van der Waals surface area contributed by atoms with Gasteiger partial charge in [-0.3, -0.25) is 9.10 Å². The monoisotopic (exact) mass is 534 g/mol. The molecule has 0 bridgehead atoms. The number of nitrogens with one attached hydrogen (secondary N) is 1. The van der Waals surface area contributed by atoms with Crippen molar-refractivity contribution >= 4 is 49.9 Å². The molecule has 0 saturated carbocycles. The average Bonchev–Trinajstić information content (AvgIpc) is 2.71. The number of hydrogen-bond acceptors (Lipinski definition) is 3. The Kier molecular flexibility index (Phi) is 6.82. The van der Waals surface area contributed by atoms with E-state index in [-0.39, 0.29) is 11.4 Å². The zero-order chi connectivity index (χ0) is 21.9. The Hall–Kier alpha value is -2.39. The minimum Gasteiger partial charge on any atom is -0.324 e. The van der Waals surface area contributed by atoms with Crippen LogP contribution in [0.25, 0.3) is 0 Å². The van der Waals surface area contributed by atoms with Crippen LogP contribution < -0.4 is 9.62 Å². The van der Waals surface area contributed by atoms with E-state index < -0.39 is 15.9 Å². The fourth-order valence-electron chi connectivity index (χ4n) is 3.09. The van der Waals surface area contributed by atoms with Gasteiger partial charge in [0, 0.05) is 9.26 Å². The molecular weight excluding hydrogens is 511 g/mol. The van der Waals surface area contributed by atoms with E-state index in [0.29, 0.717) is 11.4 Å². The van der Waals surface area contributed by atoms with E-state index >= 15 is 0 Å². The summed E-state index contributed by atoms with van der Waals surface area (Å²) in [7, 11) is -3.93. The molecule has 0 unspecified atom stereocenters. The van der Waals surface area contributed by atoms with Crippen LogP contribution in [0.4, 0.5) is 11.4 Å². The first-order valence-corrected chi connectivity index (χ1v) is 11.9. The summed E-state index contributed by atoms with van der Waals surface area (Å²) in [4.78, 5) is 13.0. The molecule has 3 aromatic carbocycles. The molecule has 0 aliphatic rings. The standard InChI is InChI=1S/C23H23IN2O3S/c1-16-9-10-17(2)22(13-16)26(30(28,29)20-7-5-4-6-8-20)15-23(27)25-21-12-11-19(24)14-18(21)3/h4-14H,15H2,1-3H3,(H,25,27). The second-order valence-electron chi connectivity index (χ2n) is 7.12. The van der Waals surface area contributed by atoms with Crippen LogP contribution >= 0.6 is 22.6 Å². The molecule has 3 aromatic rings. The highest BCUT2D eigenvalue weighted by Crippen LogP contribution is 2.28. The first-order chi connectivity index (χ1) is 14.2. The SMILES string of the molecule is Cc1ccc(C)c(N(CC(=O)Nc2ccc(I)cc2C)S(=O)(=O)c2ccccc2)c1. The summed E-state index contributed by atoms with van der Waals surface area (Å²) in [5.41, 5.74) is 3.77. The molecule has 0 aromatic heterocycles. The van der Waals surface area contributed by atoms with Gasteiger partial charge in [0.05, 0.1) is 10.6 Å². The highest BCUT2D eigenvalue weighted by molar-refractivity contribution is 14.1. The van der Waals surface area contributed by atoms with E-state index in [2.05, 4.69) is 27.9 Å².